The maximum absolute atomic E-state index is 12.6. The van der Waals surface area contributed by atoms with Crippen molar-refractivity contribution >= 4 is 117 Å². The summed E-state index contributed by atoms with van der Waals surface area (Å²) >= 11 is 0. The number of anilines is 3. The molecule has 0 unspecified atom stereocenters. The van der Waals surface area contributed by atoms with Crippen LogP contribution in [0, 0.1) is 0 Å². The summed E-state index contributed by atoms with van der Waals surface area (Å²) in [7, 11) is 4.08. The summed E-state index contributed by atoms with van der Waals surface area (Å²) in [6, 6.07) is 42.5. The van der Waals surface area contributed by atoms with Crippen LogP contribution < -0.4 is 16.0 Å². The molecule has 24 heterocycles. The van der Waals surface area contributed by atoms with Crippen LogP contribution in [-0.4, -0.2) is 177 Å². The highest BCUT2D eigenvalue weighted by molar-refractivity contribution is 6.06. The average Bonchev–Trinajstić information content (AvgIpc) is 1.63. The largest absolute Gasteiger partial charge is 0.472 e. The maximum atomic E-state index is 12.6. The highest BCUT2D eigenvalue weighted by Crippen LogP contribution is 2.40. The van der Waals surface area contributed by atoms with Gasteiger partial charge in [0.15, 0.2) is 45.9 Å². The Morgan fingerprint density at radius 2 is 0.713 bits per heavy atom. The number of aromatic nitrogens is 28. The molecular weight excluding hydrogens is 1810 g/mol. The van der Waals surface area contributed by atoms with Crippen LogP contribution in [0.4, 0.5) is 17.1 Å². The second-order valence-corrected chi connectivity index (χ2v) is 34.0. The number of H-pyrrole nitrogens is 8. The lowest BCUT2D eigenvalue weighted by Gasteiger charge is -2.10. The minimum atomic E-state index is -0.204. The monoisotopic (exact) mass is 1880 g/mol. The molecule has 0 aliphatic rings. The fraction of sp³-hybridized carbons (Fsp3) is 0.0667. The molecule has 2 aromatic carbocycles. The molecule has 26 aromatic rings. The lowest BCUT2D eigenvalue weighted by Crippen LogP contribution is -2.14. The molecule has 0 saturated carbocycles. The third-order valence-electron chi connectivity index (χ3n) is 23.6. The van der Waals surface area contributed by atoms with E-state index in [-0.39, 0.29) is 18.2 Å². The summed E-state index contributed by atoms with van der Waals surface area (Å²) in [5.74, 6) is 2.22. The van der Waals surface area contributed by atoms with Gasteiger partial charge in [-0.05, 0) is 124 Å². The summed E-state index contributed by atoms with van der Waals surface area (Å²) in [5.41, 5.74) is 30.8. The number of pyridine rings is 12. The average molecular weight is 1880 g/mol. The number of fused-ring (bicyclic) bond motifs is 8. The van der Waals surface area contributed by atoms with Gasteiger partial charge in [-0.15, -0.1) is 0 Å². The number of nitrogens with zero attached hydrogens (tertiary/aromatic N) is 21. The molecule has 0 bridgehead atoms. The van der Waals surface area contributed by atoms with Crippen LogP contribution in [0.15, 0.2) is 325 Å². The van der Waals surface area contributed by atoms with E-state index >= 15 is 0 Å². The molecular formula is C105H78N32O6. The first kappa shape index (κ1) is 86.9. The van der Waals surface area contributed by atoms with Gasteiger partial charge in [-0.1, -0.05) is 48.5 Å². The fourth-order valence-corrected chi connectivity index (χ4v) is 16.9. The number of carbonyl (C=O) groups excluding carboxylic acids is 2. The van der Waals surface area contributed by atoms with E-state index in [4.69, 9.17) is 37.6 Å². The number of imidazole rings is 4. The molecule has 0 aliphatic heterocycles. The van der Waals surface area contributed by atoms with Crippen LogP contribution in [0.5, 0.6) is 0 Å². The molecule has 0 atom stereocenters. The van der Waals surface area contributed by atoms with Gasteiger partial charge in [-0.25, -0.2) is 39.9 Å². The Labute approximate surface area is 807 Å². The molecule has 24 aromatic heterocycles. The fourth-order valence-electron chi connectivity index (χ4n) is 16.9. The van der Waals surface area contributed by atoms with Crippen molar-refractivity contribution in [3.8, 4) is 135 Å². The van der Waals surface area contributed by atoms with E-state index in [0.717, 1.165) is 189 Å². The Bertz CT molecular complexity index is 8870. The predicted molar refractivity (Wildman–Crippen MR) is 540 cm³/mol. The van der Waals surface area contributed by atoms with E-state index in [1.165, 1.54) is 0 Å². The number of nitrogens with one attached hydrogen (secondary N) is 11. The summed E-state index contributed by atoms with van der Waals surface area (Å²) in [5, 5.41) is 42.4. The number of aromatic amines is 8. The van der Waals surface area contributed by atoms with Crippen molar-refractivity contribution in [1.29, 1.82) is 0 Å². The van der Waals surface area contributed by atoms with Crippen molar-refractivity contribution in [1.82, 2.24) is 145 Å². The molecule has 38 nitrogen and oxygen atoms in total. The Balaban J connectivity index is 0.000000106. The van der Waals surface area contributed by atoms with E-state index in [9.17, 15) is 9.59 Å². The predicted octanol–water partition coefficient (Wildman–Crippen LogP) is 20.2. The zero-order valence-electron chi connectivity index (χ0n) is 76.2. The van der Waals surface area contributed by atoms with Crippen LogP contribution >= 0.6 is 0 Å². The van der Waals surface area contributed by atoms with E-state index < -0.39 is 0 Å². The van der Waals surface area contributed by atoms with Crippen molar-refractivity contribution in [3.05, 3.63) is 324 Å². The van der Waals surface area contributed by atoms with Gasteiger partial charge in [-0.3, -0.25) is 69.9 Å². The molecule has 0 fully saturated rings. The van der Waals surface area contributed by atoms with Crippen molar-refractivity contribution in [2.24, 2.45) is 0 Å². The zero-order valence-corrected chi connectivity index (χ0v) is 76.2. The standard InChI is InChI=1S/C29H20N8O2.C28H18N8O2.2C24H20N8O/c38-25(8-17-4-2-1-3-5-17)33-21-9-19(11-30-13-21)20-10-22-27(36-37-28(22)32-12-20)29-34-24-15-31-14-23(26(24)35-29)18-6-7-39-16-18;37-28(16-4-2-1-3-5-16)32-20-8-18(10-29-12-20)19-9-21-25(35-36-26(21)31-11-19)27-33-23-14-30-13-22(24(23)34-27)17-6-7-38-15-17;1-32(2)12-14-5-16(8-25-7-14)17-6-18-22(30-31-23(18)27-9-17)24-28-20-11-26-10-19(21(20)29-24)15-3-4-33-13-15;1-13(2)28-17-5-15(7-25-9-17)16-6-18-22(31-32-23(18)27-8-16)24-29-20-11-26-10-19(21(20)30-24)14-3-4-33-12-14/h1-7,9-16H,8H2,(H,33,38)(H,34,35)(H,32,36,37);1-15H,(H,32,37)(H,33,34)(H,31,35,36);3-11,13H,12H2,1-2H3,(H,28,29)(H,27,30,31);3-13,28H,1-2H3,(H,29,30)(H,27,31,32). The van der Waals surface area contributed by atoms with Gasteiger partial charge >= 0.3 is 0 Å². The number of hydrogen-bond acceptors (Lipinski definition) is 28. The van der Waals surface area contributed by atoms with E-state index in [2.05, 4.69) is 179 Å². The normalized spacial score (nSPS) is 11.5. The minimum absolute atomic E-state index is 0.111. The highest BCUT2D eigenvalue weighted by Gasteiger charge is 2.25. The number of carbonyl (C=O) groups is 2. The van der Waals surface area contributed by atoms with Gasteiger partial charge < -0.3 is 58.5 Å². The second-order valence-electron chi connectivity index (χ2n) is 34.0. The quantitative estimate of drug-likeness (QED) is 0.0318. The molecule has 694 valence electrons. The Morgan fingerprint density at radius 1 is 0.343 bits per heavy atom. The van der Waals surface area contributed by atoms with Gasteiger partial charge in [0.25, 0.3) is 5.91 Å². The molecule has 0 saturated heterocycles. The smallest absolute Gasteiger partial charge is 0.255 e. The number of rotatable bonds is 21. The molecule has 2 amide bonds. The summed E-state index contributed by atoms with van der Waals surface area (Å²) < 4.78 is 21.0. The first-order valence-electron chi connectivity index (χ1n) is 45.0. The Kier molecular flexibility index (Phi) is 23.0. The SMILES string of the molecule is CC(C)Nc1cncc(-c2cnc3n[nH]c(-c4nc5c(-c6ccoc6)cncc5[nH]4)c3c2)c1.CN(C)Cc1cncc(-c2cnc3n[nH]c(-c4nc5c(-c6ccoc6)cncc5[nH]4)c3c2)c1.O=C(Cc1ccccc1)Nc1cncc(-c2cnc3n[nH]c(-c4nc5c(-c6ccoc6)cncc5[nH]4)c3c2)c1.O=C(Nc1cncc(-c2cnc3[nH]nc(-c4nc5c(-c6ccoc6)cncc5[nH]4)c3c2)c1)c1ccccc1. The van der Waals surface area contributed by atoms with Crippen LogP contribution in [0.3, 0.4) is 0 Å². The molecule has 11 N–H and O–H groups in total. The minimum Gasteiger partial charge on any atom is -0.472 e. The number of hydrogen-bond donors (Lipinski definition) is 11. The van der Waals surface area contributed by atoms with Crippen LogP contribution in [-0.2, 0) is 17.8 Å². The topological polar surface area (TPSA) is 510 Å². The Morgan fingerprint density at radius 3 is 1.14 bits per heavy atom. The highest BCUT2D eigenvalue weighted by atomic mass is 16.3. The molecule has 0 radical (unpaired) electrons. The van der Waals surface area contributed by atoms with E-state index in [0.29, 0.717) is 80.3 Å². The van der Waals surface area contributed by atoms with Crippen molar-refractivity contribution in [2.45, 2.75) is 32.9 Å². The van der Waals surface area contributed by atoms with Gasteiger partial charge in [0.05, 0.1) is 154 Å². The summed E-state index contributed by atoms with van der Waals surface area (Å²) in [6.45, 7) is 5.01. The Hall–Kier alpha value is -20.2. The molecule has 143 heavy (non-hydrogen) atoms. The summed E-state index contributed by atoms with van der Waals surface area (Å²) in [6.07, 6.45) is 48.8. The van der Waals surface area contributed by atoms with Crippen LogP contribution in [0.25, 0.3) is 223 Å². The first-order chi connectivity index (χ1) is 70.2. The number of furan rings is 4. The maximum Gasteiger partial charge on any atom is 0.255 e. The molecule has 38 heteroatoms. The van der Waals surface area contributed by atoms with Gasteiger partial charge in [0.1, 0.15) is 44.8 Å². The molecule has 26 rings (SSSR count). The lowest BCUT2D eigenvalue weighted by atomic mass is 10.1. The molecule has 0 spiro atoms. The summed E-state index contributed by atoms with van der Waals surface area (Å²) in [4.78, 5) is 113. The van der Waals surface area contributed by atoms with Crippen LogP contribution in [0.1, 0.15) is 35.3 Å². The van der Waals surface area contributed by atoms with Gasteiger partial charge in [0, 0.05) is 194 Å². The first-order valence-corrected chi connectivity index (χ1v) is 45.0. The van der Waals surface area contributed by atoms with Gasteiger partial charge in [-0.2, -0.15) is 20.4 Å². The third-order valence-corrected chi connectivity index (χ3v) is 23.6. The second kappa shape index (κ2) is 37.8. The molecule has 0 aliphatic carbocycles. The van der Waals surface area contributed by atoms with Crippen molar-refractivity contribution in [3.63, 3.8) is 0 Å². The zero-order chi connectivity index (χ0) is 96.4. The van der Waals surface area contributed by atoms with Crippen LogP contribution in [0.2, 0.25) is 0 Å². The number of amides is 2. The third kappa shape index (κ3) is 18.0. The van der Waals surface area contributed by atoms with Crippen molar-refractivity contribution in [2.75, 3.05) is 30.0 Å². The van der Waals surface area contributed by atoms with E-state index in [1.54, 1.807) is 149 Å². The van der Waals surface area contributed by atoms with Crippen molar-refractivity contribution < 1.29 is 27.3 Å². The van der Waals surface area contributed by atoms with Gasteiger partial charge in [0.2, 0.25) is 5.91 Å². The lowest BCUT2D eigenvalue weighted by molar-refractivity contribution is -0.115. The number of benzene rings is 2. The van der Waals surface area contributed by atoms with E-state index in [1.807, 2.05) is 148 Å².